The van der Waals surface area contributed by atoms with E-state index in [1.807, 2.05) is 11.7 Å². The molecule has 3 heteroatoms. The van der Waals surface area contributed by atoms with Gasteiger partial charge in [0, 0.05) is 30.9 Å². The highest BCUT2D eigenvalue weighted by atomic mass is 15.3. The molecule has 0 radical (unpaired) electrons. The maximum absolute atomic E-state index is 4.57. The lowest BCUT2D eigenvalue weighted by molar-refractivity contribution is -0.0206. The quantitative estimate of drug-likeness (QED) is 0.914. The third kappa shape index (κ3) is 2.11. The molecule has 3 nitrogen and oxygen atoms in total. The summed E-state index contributed by atoms with van der Waals surface area (Å²) in [5, 5.41) is 8.55. The second-order valence-corrected chi connectivity index (χ2v) is 7.68. The maximum atomic E-state index is 4.57. The van der Waals surface area contributed by atoms with Crippen molar-refractivity contribution in [2.45, 2.75) is 64.0 Å². The summed E-state index contributed by atoms with van der Waals surface area (Å²) in [6.45, 7) is 3.22. The maximum Gasteiger partial charge on any atom is 0.0666 e. The van der Waals surface area contributed by atoms with E-state index in [0.29, 0.717) is 5.54 Å². The van der Waals surface area contributed by atoms with Gasteiger partial charge in [-0.3, -0.25) is 4.68 Å². The Labute approximate surface area is 122 Å². The zero-order chi connectivity index (χ0) is 13.7. The van der Waals surface area contributed by atoms with Gasteiger partial charge >= 0.3 is 0 Å². The van der Waals surface area contributed by atoms with E-state index in [0.717, 1.165) is 30.7 Å². The van der Waals surface area contributed by atoms with E-state index in [4.69, 9.17) is 0 Å². The van der Waals surface area contributed by atoms with Gasteiger partial charge in [0.2, 0.25) is 0 Å². The molecule has 1 N–H and O–H groups in total. The van der Waals surface area contributed by atoms with Gasteiger partial charge in [-0.15, -0.1) is 0 Å². The molecule has 4 saturated carbocycles. The number of rotatable bonds is 4. The number of aryl methyl sites for hydroxylation is 2. The van der Waals surface area contributed by atoms with Crippen molar-refractivity contribution in [1.29, 1.82) is 0 Å². The first-order valence-electron chi connectivity index (χ1n) is 8.42. The van der Waals surface area contributed by atoms with E-state index >= 15 is 0 Å². The molecule has 0 unspecified atom stereocenters. The van der Waals surface area contributed by atoms with Gasteiger partial charge in [0.15, 0.2) is 0 Å². The average molecular weight is 273 g/mol. The second kappa shape index (κ2) is 4.59. The Hall–Kier alpha value is -0.830. The highest BCUT2D eigenvalue weighted by Crippen LogP contribution is 2.55. The molecule has 1 aromatic rings. The molecule has 4 aliphatic rings. The molecule has 20 heavy (non-hydrogen) atoms. The smallest absolute Gasteiger partial charge is 0.0666 e. The number of nitrogens with one attached hydrogen (secondary N) is 1. The van der Waals surface area contributed by atoms with Crippen LogP contribution in [0.4, 0.5) is 0 Å². The van der Waals surface area contributed by atoms with Crippen molar-refractivity contribution in [3.8, 4) is 0 Å². The number of aromatic nitrogens is 2. The van der Waals surface area contributed by atoms with E-state index in [9.17, 15) is 0 Å². The molecule has 0 aromatic carbocycles. The highest BCUT2D eigenvalue weighted by Gasteiger charge is 2.50. The van der Waals surface area contributed by atoms with Gasteiger partial charge in [-0.1, -0.05) is 6.92 Å². The third-order valence-corrected chi connectivity index (χ3v) is 6.02. The summed E-state index contributed by atoms with van der Waals surface area (Å²) >= 11 is 0. The predicted octanol–water partition coefficient (Wildman–Crippen LogP) is 3.04. The summed E-state index contributed by atoms with van der Waals surface area (Å²) in [6.07, 6.45) is 12.1. The number of hydrogen-bond acceptors (Lipinski definition) is 2. The molecule has 4 aliphatic carbocycles. The first kappa shape index (κ1) is 12.9. The fourth-order valence-corrected chi connectivity index (χ4v) is 5.64. The summed E-state index contributed by atoms with van der Waals surface area (Å²) in [5.74, 6) is 3.06. The van der Waals surface area contributed by atoms with Gasteiger partial charge in [0.05, 0.1) is 5.69 Å². The Bertz CT molecular complexity index is 467. The molecule has 1 heterocycles. The van der Waals surface area contributed by atoms with Crippen molar-refractivity contribution in [2.75, 3.05) is 0 Å². The standard InChI is InChI=1S/C17H27N3/c1-3-16-15(11-20(2)19-16)10-18-17-7-12-4-13(8-17)6-14(5-12)9-17/h11-14,18H,3-10H2,1-2H3. The molecule has 0 atom stereocenters. The first-order chi connectivity index (χ1) is 9.66. The van der Waals surface area contributed by atoms with Crippen molar-refractivity contribution in [3.63, 3.8) is 0 Å². The van der Waals surface area contributed by atoms with Gasteiger partial charge in [-0.25, -0.2) is 0 Å². The van der Waals surface area contributed by atoms with Gasteiger partial charge in [0.25, 0.3) is 0 Å². The summed E-state index contributed by atoms with van der Waals surface area (Å²) in [7, 11) is 2.04. The van der Waals surface area contributed by atoms with Crippen LogP contribution in [0.5, 0.6) is 0 Å². The van der Waals surface area contributed by atoms with Crippen LogP contribution in [0.1, 0.15) is 56.7 Å². The van der Waals surface area contributed by atoms with Crippen molar-refractivity contribution in [2.24, 2.45) is 24.8 Å². The van der Waals surface area contributed by atoms with Gasteiger partial charge < -0.3 is 5.32 Å². The van der Waals surface area contributed by atoms with Crippen LogP contribution < -0.4 is 5.32 Å². The van der Waals surface area contributed by atoms with Crippen molar-refractivity contribution in [1.82, 2.24) is 15.1 Å². The zero-order valence-electron chi connectivity index (χ0n) is 12.9. The van der Waals surface area contributed by atoms with E-state index in [1.165, 1.54) is 49.8 Å². The normalized spacial score (nSPS) is 38.6. The fraction of sp³-hybridized carbons (Fsp3) is 0.824. The highest BCUT2D eigenvalue weighted by molar-refractivity contribution is 5.18. The molecule has 110 valence electrons. The largest absolute Gasteiger partial charge is 0.307 e. The molecule has 0 amide bonds. The predicted molar refractivity (Wildman–Crippen MR) is 80.3 cm³/mol. The monoisotopic (exact) mass is 273 g/mol. The van der Waals surface area contributed by atoms with E-state index in [1.54, 1.807) is 0 Å². The van der Waals surface area contributed by atoms with Gasteiger partial charge in [-0.2, -0.15) is 5.10 Å². The molecule has 5 rings (SSSR count). The van der Waals surface area contributed by atoms with Crippen LogP contribution in [0, 0.1) is 17.8 Å². The van der Waals surface area contributed by atoms with Crippen LogP contribution in [-0.2, 0) is 20.0 Å². The van der Waals surface area contributed by atoms with Crippen LogP contribution in [0.2, 0.25) is 0 Å². The minimum atomic E-state index is 0.468. The molecule has 4 fully saturated rings. The lowest BCUT2D eigenvalue weighted by Gasteiger charge is -2.57. The Morgan fingerprint density at radius 3 is 2.35 bits per heavy atom. The number of nitrogens with zero attached hydrogens (tertiary/aromatic N) is 2. The summed E-state index contributed by atoms with van der Waals surface area (Å²) in [4.78, 5) is 0. The lowest BCUT2D eigenvalue weighted by atomic mass is 9.53. The number of hydrogen-bond donors (Lipinski definition) is 1. The van der Waals surface area contributed by atoms with Gasteiger partial charge in [0.1, 0.15) is 0 Å². The Balaban J connectivity index is 1.49. The van der Waals surface area contributed by atoms with Crippen LogP contribution in [0.25, 0.3) is 0 Å². The molecule has 0 aliphatic heterocycles. The van der Waals surface area contributed by atoms with E-state index in [-0.39, 0.29) is 0 Å². The van der Waals surface area contributed by atoms with Crippen molar-refractivity contribution >= 4 is 0 Å². The van der Waals surface area contributed by atoms with E-state index < -0.39 is 0 Å². The summed E-state index contributed by atoms with van der Waals surface area (Å²) in [6, 6.07) is 0. The van der Waals surface area contributed by atoms with Crippen LogP contribution in [0.3, 0.4) is 0 Å². The topological polar surface area (TPSA) is 29.9 Å². The Morgan fingerprint density at radius 2 is 1.80 bits per heavy atom. The van der Waals surface area contributed by atoms with E-state index in [2.05, 4.69) is 23.5 Å². The molecule has 0 saturated heterocycles. The Morgan fingerprint density at radius 1 is 1.20 bits per heavy atom. The third-order valence-electron chi connectivity index (χ3n) is 6.02. The molecular formula is C17H27N3. The van der Waals surface area contributed by atoms with Crippen LogP contribution in [-0.4, -0.2) is 15.3 Å². The van der Waals surface area contributed by atoms with Gasteiger partial charge in [-0.05, 0) is 62.7 Å². The molecule has 0 spiro atoms. The molecule has 4 bridgehead atoms. The SMILES string of the molecule is CCc1nn(C)cc1CNC12CC3CC(CC(C3)C1)C2. The lowest BCUT2D eigenvalue weighted by Crippen LogP contribution is -2.58. The summed E-state index contributed by atoms with van der Waals surface area (Å²) < 4.78 is 1.97. The minimum absolute atomic E-state index is 0.468. The first-order valence-corrected chi connectivity index (χ1v) is 8.42. The molecule has 1 aromatic heterocycles. The minimum Gasteiger partial charge on any atom is -0.307 e. The molecular weight excluding hydrogens is 246 g/mol. The summed E-state index contributed by atoms with van der Waals surface area (Å²) in [5.41, 5.74) is 3.14. The second-order valence-electron chi connectivity index (χ2n) is 7.68. The van der Waals surface area contributed by atoms with Crippen molar-refractivity contribution < 1.29 is 0 Å². The Kier molecular flexibility index (Phi) is 2.95. The average Bonchev–Trinajstić information content (AvgIpc) is 2.75. The fourth-order valence-electron chi connectivity index (χ4n) is 5.64. The van der Waals surface area contributed by atoms with Crippen molar-refractivity contribution in [3.05, 3.63) is 17.5 Å². The zero-order valence-corrected chi connectivity index (χ0v) is 12.9. The van der Waals surface area contributed by atoms with Crippen LogP contribution in [0.15, 0.2) is 6.20 Å². The van der Waals surface area contributed by atoms with Crippen LogP contribution >= 0.6 is 0 Å².